The molecule has 1 aliphatic heterocycles. The van der Waals surface area contributed by atoms with Gasteiger partial charge < -0.3 is 14.2 Å². The van der Waals surface area contributed by atoms with Crippen LogP contribution in [-0.2, 0) is 10.3 Å². The van der Waals surface area contributed by atoms with Gasteiger partial charge in [-0.15, -0.1) is 0 Å². The smallest absolute Gasteiger partial charge is 0.231 e. The first-order chi connectivity index (χ1) is 9.97. The third-order valence-corrected chi connectivity index (χ3v) is 3.55. The number of epoxide rings is 1. The molecule has 1 unspecified atom stereocenters. The normalized spacial score (nSPS) is 20.9. The Morgan fingerprint density at radius 3 is 2.14 bits per heavy atom. The van der Waals surface area contributed by atoms with Gasteiger partial charge in [0.05, 0.1) is 0 Å². The minimum atomic E-state index is -0.433. The molecule has 1 atom stereocenters. The molecular weight excluding hydrogens is 264 g/mol. The first-order valence-electron chi connectivity index (χ1n) is 7.14. The van der Waals surface area contributed by atoms with Crippen LogP contribution in [0.2, 0.25) is 0 Å². The molecule has 0 aromatic heterocycles. The minimum absolute atomic E-state index is 0.403. The van der Waals surface area contributed by atoms with Crippen LogP contribution in [0.15, 0.2) is 54.6 Å². The van der Waals surface area contributed by atoms with E-state index < -0.39 is 11.4 Å². The Labute approximate surface area is 125 Å². The SMILES string of the molecule is CC1(Oc2ccc(C(C)(C)Oc3ccccc3)cc2)CO1. The molecule has 1 heterocycles. The Kier molecular flexibility index (Phi) is 3.38. The highest BCUT2D eigenvalue weighted by Gasteiger charge is 2.42. The number of para-hydroxylation sites is 1. The van der Waals surface area contributed by atoms with Crippen LogP contribution in [0.25, 0.3) is 0 Å². The summed E-state index contributed by atoms with van der Waals surface area (Å²) in [5, 5.41) is 0. The molecule has 0 N–H and O–H groups in total. The van der Waals surface area contributed by atoms with E-state index in [-0.39, 0.29) is 0 Å². The molecule has 0 spiro atoms. The molecular formula is C18H20O3. The topological polar surface area (TPSA) is 31.0 Å². The van der Waals surface area contributed by atoms with Gasteiger partial charge in [-0.1, -0.05) is 30.3 Å². The Balaban J connectivity index is 1.72. The number of hydrogen-bond donors (Lipinski definition) is 0. The van der Waals surface area contributed by atoms with Crippen molar-refractivity contribution in [1.82, 2.24) is 0 Å². The summed E-state index contributed by atoms with van der Waals surface area (Å²) in [7, 11) is 0. The molecule has 1 saturated heterocycles. The fourth-order valence-corrected chi connectivity index (χ4v) is 2.18. The molecule has 0 saturated carbocycles. The first-order valence-corrected chi connectivity index (χ1v) is 7.14. The van der Waals surface area contributed by atoms with Crippen molar-refractivity contribution in [2.24, 2.45) is 0 Å². The van der Waals surface area contributed by atoms with Crippen molar-refractivity contribution in [3.05, 3.63) is 60.2 Å². The van der Waals surface area contributed by atoms with E-state index in [1.807, 2.05) is 61.5 Å². The van der Waals surface area contributed by atoms with E-state index in [0.717, 1.165) is 17.1 Å². The fourth-order valence-electron chi connectivity index (χ4n) is 2.18. The van der Waals surface area contributed by atoms with E-state index in [1.165, 1.54) is 0 Å². The van der Waals surface area contributed by atoms with Crippen molar-refractivity contribution in [3.63, 3.8) is 0 Å². The largest absolute Gasteiger partial charge is 0.483 e. The molecule has 0 aliphatic carbocycles. The van der Waals surface area contributed by atoms with Gasteiger partial charge >= 0.3 is 0 Å². The van der Waals surface area contributed by atoms with Crippen molar-refractivity contribution in [3.8, 4) is 11.5 Å². The summed E-state index contributed by atoms with van der Waals surface area (Å²) in [6, 6.07) is 17.8. The van der Waals surface area contributed by atoms with Crippen molar-refractivity contribution in [2.75, 3.05) is 6.61 Å². The molecule has 21 heavy (non-hydrogen) atoms. The lowest BCUT2D eigenvalue weighted by Gasteiger charge is -2.27. The van der Waals surface area contributed by atoms with Crippen LogP contribution in [0.5, 0.6) is 11.5 Å². The predicted octanol–water partition coefficient (Wildman–Crippen LogP) is 4.13. The summed E-state index contributed by atoms with van der Waals surface area (Å²) in [6.07, 6.45) is 0. The van der Waals surface area contributed by atoms with Crippen LogP contribution >= 0.6 is 0 Å². The van der Waals surface area contributed by atoms with Gasteiger partial charge in [0.15, 0.2) is 0 Å². The maximum atomic E-state index is 6.08. The molecule has 0 amide bonds. The van der Waals surface area contributed by atoms with E-state index in [2.05, 4.69) is 13.8 Å². The summed E-state index contributed by atoms with van der Waals surface area (Å²) in [5.41, 5.74) is 0.695. The molecule has 1 aliphatic rings. The lowest BCUT2D eigenvalue weighted by molar-refractivity contribution is 0.0799. The second-order valence-electron chi connectivity index (χ2n) is 5.97. The number of benzene rings is 2. The monoisotopic (exact) mass is 284 g/mol. The van der Waals surface area contributed by atoms with Gasteiger partial charge in [-0.2, -0.15) is 0 Å². The highest BCUT2D eigenvalue weighted by molar-refractivity contribution is 5.32. The molecule has 110 valence electrons. The Morgan fingerprint density at radius 2 is 1.57 bits per heavy atom. The third-order valence-electron chi connectivity index (χ3n) is 3.55. The van der Waals surface area contributed by atoms with Crippen LogP contribution in [0.4, 0.5) is 0 Å². The van der Waals surface area contributed by atoms with Gasteiger partial charge in [-0.3, -0.25) is 0 Å². The number of ether oxygens (including phenoxy) is 3. The average Bonchev–Trinajstić information content (AvgIpc) is 3.17. The summed E-state index contributed by atoms with van der Waals surface area (Å²) >= 11 is 0. The van der Waals surface area contributed by atoms with Crippen molar-refractivity contribution < 1.29 is 14.2 Å². The van der Waals surface area contributed by atoms with E-state index in [1.54, 1.807) is 0 Å². The Morgan fingerprint density at radius 1 is 0.952 bits per heavy atom. The van der Waals surface area contributed by atoms with Gasteiger partial charge in [-0.05, 0) is 43.7 Å². The highest BCUT2D eigenvalue weighted by Crippen LogP contribution is 2.32. The lowest BCUT2D eigenvalue weighted by Crippen LogP contribution is -2.25. The lowest BCUT2D eigenvalue weighted by atomic mass is 9.98. The van der Waals surface area contributed by atoms with E-state index >= 15 is 0 Å². The van der Waals surface area contributed by atoms with Crippen LogP contribution in [0.1, 0.15) is 26.3 Å². The van der Waals surface area contributed by atoms with E-state index in [0.29, 0.717) is 6.61 Å². The van der Waals surface area contributed by atoms with Crippen molar-refractivity contribution in [1.29, 1.82) is 0 Å². The van der Waals surface area contributed by atoms with Crippen LogP contribution < -0.4 is 9.47 Å². The molecule has 1 fully saturated rings. The van der Waals surface area contributed by atoms with Gasteiger partial charge in [0.1, 0.15) is 23.7 Å². The quantitative estimate of drug-likeness (QED) is 0.774. The predicted molar refractivity (Wildman–Crippen MR) is 81.5 cm³/mol. The molecule has 2 aromatic rings. The van der Waals surface area contributed by atoms with Gasteiger partial charge in [0, 0.05) is 6.92 Å². The summed E-state index contributed by atoms with van der Waals surface area (Å²) in [4.78, 5) is 0. The molecule has 3 rings (SSSR count). The zero-order chi connectivity index (χ0) is 14.9. The first kappa shape index (κ1) is 14.0. The molecule has 3 heteroatoms. The second kappa shape index (κ2) is 5.08. The van der Waals surface area contributed by atoms with Crippen LogP contribution in [0, 0.1) is 0 Å². The number of hydrogen-bond acceptors (Lipinski definition) is 3. The maximum Gasteiger partial charge on any atom is 0.231 e. The minimum Gasteiger partial charge on any atom is -0.483 e. The fraction of sp³-hybridized carbons (Fsp3) is 0.333. The Hall–Kier alpha value is -2.00. The molecule has 0 radical (unpaired) electrons. The standard InChI is InChI=1S/C18H20O3/c1-17(2,20-15-7-5-4-6-8-15)14-9-11-16(12-10-14)21-18(3)13-19-18/h4-12H,13H2,1-3H3. The van der Waals surface area contributed by atoms with Gasteiger partial charge in [0.2, 0.25) is 5.79 Å². The maximum absolute atomic E-state index is 6.08. The molecule has 2 aromatic carbocycles. The van der Waals surface area contributed by atoms with Crippen molar-refractivity contribution >= 4 is 0 Å². The third kappa shape index (κ3) is 3.37. The zero-order valence-electron chi connectivity index (χ0n) is 12.6. The Bertz CT molecular complexity index is 598. The summed E-state index contributed by atoms with van der Waals surface area (Å²) in [5.74, 6) is 1.24. The van der Waals surface area contributed by atoms with Crippen LogP contribution in [0.3, 0.4) is 0 Å². The molecule has 3 nitrogen and oxygen atoms in total. The second-order valence-corrected chi connectivity index (χ2v) is 5.97. The average molecular weight is 284 g/mol. The van der Waals surface area contributed by atoms with E-state index in [9.17, 15) is 0 Å². The number of rotatable bonds is 5. The molecule has 0 bridgehead atoms. The summed E-state index contributed by atoms with van der Waals surface area (Å²) < 4.78 is 17.0. The zero-order valence-corrected chi connectivity index (χ0v) is 12.6. The summed E-state index contributed by atoms with van der Waals surface area (Å²) in [6.45, 7) is 6.70. The highest BCUT2D eigenvalue weighted by atomic mass is 16.8. The van der Waals surface area contributed by atoms with Gasteiger partial charge in [0.25, 0.3) is 0 Å². The van der Waals surface area contributed by atoms with E-state index in [4.69, 9.17) is 14.2 Å². The van der Waals surface area contributed by atoms with Crippen LogP contribution in [-0.4, -0.2) is 12.4 Å². The van der Waals surface area contributed by atoms with Crippen molar-refractivity contribution in [2.45, 2.75) is 32.2 Å². The van der Waals surface area contributed by atoms with Gasteiger partial charge in [-0.25, -0.2) is 0 Å².